The van der Waals surface area contributed by atoms with Crippen LogP contribution in [0, 0.1) is 5.92 Å². The van der Waals surface area contributed by atoms with Gasteiger partial charge in [0.05, 0.1) is 18.2 Å². The van der Waals surface area contributed by atoms with Gasteiger partial charge in [-0.3, -0.25) is 9.88 Å². The summed E-state index contributed by atoms with van der Waals surface area (Å²) >= 11 is 0. The van der Waals surface area contributed by atoms with E-state index in [-0.39, 0.29) is 18.9 Å². The lowest BCUT2D eigenvalue weighted by Gasteiger charge is -2.26. The van der Waals surface area contributed by atoms with Crippen molar-refractivity contribution in [2.24, 2.45) is 5.92 Å². The minimum absolute atomic E-state index is 0.157. The molecule has 1 aliphatic heterocycles. The largest absolute Gasteiger partial charge is 0.480 e. The summed E-state index contributed by atoms with van der Waals surface area (Å²) in [5, 5.41) is 9.53. The van der Waals surface area contributed by atoms with Crippen LogP contribution in [0.25, 0.3) is 11.3 Å². The molecule has 2 atom stereocenters. The summed E-state index contributed by atoms with van der Waals surface area (Å²) in [5.41, 5.74) is 0.768. The molecule has 1 saturated heterocycles. The highest BCUT2D eigenvalue weighted by molar-refractivity contribution is 5.81. The maximum absolute atomic E-state index is 12.4. The average molecular weight is 400 g/mol. The molecule has 0 aliphatic carbocycles. The van der Waals surface area contributed by atoms with Gasteiger partial charge in [-0.05, 0) is 39.3 Å². The zero-order valence-corrected chi connectivity index (χ0v) is 16.6. The van der Waals surface area contributed by atoms with Crippen LogP contribution in [0.5, 0.6) is 5.75 Å². The summed E-state index contributed by atoms with van der Waals surface area (Å²) in [6, 6.07) is 4.22. The highest BCUT2D eigenvalue weighted by Crippen LogP contribution is 2.32. The third-order valence-electron chi connectivity index (χ3n) is 4.47. The molecular formula is C21H24N2O6. The quantitative estimate of drug-likeness (QED) is 0.758. The molecule has 8 nitrogen and oxygen atoms in total. The van der Waals surface area contributed by atoms with E-state index in [1.807, 2.05) is 0 Å². The number of aliphatic carboxylic acids is 1. The Labute approximate surface area is 168 Å². The van der Waals surface area contributed by atoms with Crippen molar-refractivity contribution in [3.63, 3.8) is 0 Å². The molecule has 1 N–H and O–H groups in total. The summed E-state index contributed by atoms with van der Waals surface area (Å²) in [6.45, 7) is 9.31. The number of carbonyl (C=O) groups is 2. The number of likely N-dealkylation sites (tertiary alicyclic amines) is 1. The smallest absolute Gasteiger partial charge is 0.411 e. The molecule has 1 amide bonds. The van der Waals surface area contributed by atoms with Crippen molar-refractivity contribution in [1.82, 2.24) is 9.88 Å². The molecule has 0 aromatic carbocycles. The number of hydrogen-bond acceptors (Lipinski definition) is 6. The molecule has 1 fully saturated rings. The van der Waals surface area contributed by atoms with Crippen LogP contribution in [-0.4, -0.2) is 45.2 Å². The second kappa shape index (κ2) is 7.98. The molecule has 2 aromatic rings. The Kier molecular flexibility index (Phi) is 5.63. The van der Waals surface area contributed by atoms with Gasteiger partial charge in [0.15, 0.2) is 0 Å². The number of furan rings is 1. The number of nitrogens with zero attached hydrogens (tertiary/aromatic N) is 2. The van der Waals surface area contributed by atoms with E-state index in [1.165, 1.54) is 4.90 Å². The Bertz CT molecular complexity index is 900. The Balaban J connectivity index is 1.70. The summed E-state index contributed by atoms with van der Waals surface area (Å²) in [6.07, 6.45) is 4.28. The molecular weight excluding hydrogens is 376 g/mol. The molecule has 154 valence electrons. The Morgan fingerprint density at radius 3 is 2.72 bits per heavy atom. The standard InChI is InChI=1S/C21H24N2O6/c1-13(28-16-5-7-22-17(10-16)14-6-8-27-12-14)15-9-18(19(24)25)23(11-15)20(26)29-21(2,3)4/h5-8,10,12,15,18H,1,9,11H2,2-4H3,(H,24,25)/t15-,18+/m1/s1. The highest BCUT2D eigenvalue weighted by atomic mass is 16.6. The predicted molar refractivity (Wildman–Crippen MR) is 104 cm³/mol. The van der Waals surface area contributed by atoms with E-state index in [0.29, 0.717) is 17.2 Å². The molecule has 8 heteroatoms. The third kappa shape index (κ3) is 4.96. The molecule has 0 radical (unpaired) electrons. The molecule has 0 bridgehead atoms. The van der Waals surface area contributed by atoms with Gasteiger partial charge in [-0.25, -0.2) is 9.59 Å². The van der Waals surface area contributed by atoms with Crippen molar-refractivity contribution >= 4 is 12.1 Å². The number of rotatable bonds is 5. The maximum Gasteiger partial charge on any atom is 0.411 e. The number of amides is 1. The molecule has 29 heavy (non-hydrogen) atoms. The number of ether oxygens (including phenoxy) is 2. The van der Waals surface area contributed by atoms with E-state index in [2.05, 4.69) is 11.6 Å². The summed E-state index contributed by atoms with van der Waals surface area (Å²) in [4.78, 5) is 29.6. The normalized spacial score (nSPS) is 19.1. The molecule has 3 rings (SSSR count). The van der Waals surface area contributed by atoms with Gasteiger partial charge >= 0.3 is 12.1 Å². The zero-order valence-electron chi connectivity index (χ0n) is 16.6. The van der Waals surface area contributed by atoms with Gasteiger partial charge < -0.3 is 19.0 Å². The van der Waals surface area contributed by atoms with Crippen molar-refractivity contribution in [2.45, 2.75) is 38.8 Å². The summed E-state index contributed by atoms with van der Waals surface area (Å²) < 4.78 is 16.3. The number of aromatic nitrogens is 1. The van der Waals surface area contributed by atoms with Crippen LogP contribution < -0.4 is 4.74 Å². The van der Waals surface area contributed by atoms with Gasteiger partial charge in [0.25, 0.3) is 0 Å². The van der Waals surface area contributed by atoms with Crippen LogP contribution in [0.15, 0.2) is 53.7 Å². The minimum Gasteiger partial charge on any atom is -0.480 e. The van der Waals surface area contributed by atoms with Gasteiger partial charge in [0, 0.05) is 30.3 Å². The lowest BCUT2D eigenvalue weighted by atomic mass is 10.0. The first-order valence-electron chi connectivity index (χ1n) is 9.22. The van der Waals surface area contributed by atoms with Crippen LogP contribution in [0.4, 0.5) is 4.79 Å². The van der Waals surface area contributed by atoms with E-state index >= 15 is 0 Å². The SMILES string of the molecule is C=C(Oc1ccnc(-c2ccoc2)c1)[C@@H]1C[C@@H](C(=O)O)N(C(=O)OC(C)(C)C)C1. The van der Waals surface area contributed by atoms with Crippen molar-refractivity contribution in [3.05, 3.63) is 49.3 Å². The van der Waals surface area contributed by atoms with Crippen LogP contribution in [0.1, 0.15) is 27.2 Å². The molecule has 0 saturated carbocycles. The lowest BCUT2D eigenvalue weighted by molar-refractivity contribution is -0.142. The van der Waals surface area contributed by atoms with Crippen molar-refractivity contribution in [1.29, 1.82) is 0 Å². The minimum atomic E-state index is -1.09. The maximum atomic E-state index is 12.4. The molecule has 3 heterocycles. The number of hydrogen-bond donors (Lipinski definition) is 1. The van der Waals surface area contributed by atoms with Crippen molar-refractivity contribution in [2.75, 3.05) is 6.54 Å². The van der Waals surface area contributed by atoms with Crippen LogP contribution in [0.2, 0.25) is 0 Å². The van der Waals surface area contributed by atoms with E-state index in [0.717, 1.165) is 5.56 Å². The summed E-state index contributed by atoms with van der Waals surface area (Å²) in [7, 11) is 0. The first-order valence-corrected chi connectivity index (χ1v) is 9.22. The molecule has 1 aliphatic rings. The fourth-order valence-corrected chi connectivity index (χ4v) is 3.10. The Hall–Kier alpha value is -3.29. The van der Waals surface area contributed by atoms with E-state index < -0.39 is 23.7 Å². The first-order chi connectivity index (χ1) is 13.6. The number of carboxylic acids is 1. The van der Waals surface area contributed by atoms with Gasteiger partial charge in [0.2, 0.25) is 0 Å². The lowest BCUT2D eigenvalue weighted by Crippen LogP contribution is -2.43. The van der Waals surface area contributed by atoms with E-state index in [1.54, 1.807) is 57.7 Å². The Morgan fingerprint density at radius 1 is 1.34 bits per heavy atom. The second-order valence-electron chi connectivity index (χ2n) is 7.88. The molecule has 2 aromatic heterocycles. The number of carboxylic acid groups (broad SMARTS) is 1. The second-order valence-corrected chi connectivity index (χ2v) is 7.88. The van der Waals surface area contributed by atoms with Crippen LogP contribution in [-0.2, 0) is 9.53 Å². The molecule has 0 unspecified atom stereocenters. The van der Waals surface area contributed by atoms with Gasteiger partial charge in [-0.2, -0.15) is 0 Å². The topological polar surface area (TPSA) is 102 Å². The van der Waals surface area contributed by atoms with Crippen LogP contribution >= 0.6 is 0 Å². The monoisotopic (exact) mass is 400 g/mol. The fraction of sp³-hybridized carbons (Fsp3) is 0.381. The summed E-state index contributed by atoms with van der Waals surface area (Å²) in [5.74, 6) is -0.526. The third-order valence-corrected chi connectivity index (χ3v) is 4.47. The highest BCUT2D eigenvalue weighted by Gasteiger charge is 2.43. The Morgan fingerprint density at radius 2 is 2.10 bits per heavy atom. The average Bonchev–Trinajstić information content (AvgIpc) is 3.30. The van der Waals surface area contributed by atoms with E-state index in [4.69, 9.17) is 13.9 Å². The zero-order chi connectivity index (χ0) is 21.2. The first kappa shape index (κ1) is 20.4. The molecule has 0 spiro atoms. The number of pyridine rings is 1. The van der Waals surface area contributed by atoms with Gasteiger partial charge in [-0.1, -0.05) is 6.58 Å². The number of carbonyl (C=O) groups excluding carboxylic acids is 1. The van der Waals surface area contributed by atoms with Gasteiger partial charge in [0.1, 0.15) is 23.2 Å². The predicted octanol–water partition coefficient (Wildman–Crippen LogP) is 3.94. The fourth-order valence-electron chi connectivity index (χ4n) is 3.10. The van der Waals surface area contributed by atoms with Gasteiger partial charge in [-0.15, -0.1) is 0 Å². The van der Waals surface area contributed by atoms with Crippen molar-refractivity contribution in [3.8, 4) is 17.0 Å². The van der Waals surface area contributed by atoms with E-state index in [9.17, 15) is 14.7 Å². The van der Waals surface area contributed by atoms with Crippen molar-refractivity contribution < 1.29 is 28.6 Å². The van der Waals surface area contributed by atoms with Crippen LogP contribution in [0.3, 0.4) is 0 Å².